The van der Waals surface area contributed by atoms with Gasteiger partial charge in [-0.1, -0.05) is 12.1 Å². The van der Waals surface area contributed by atoms with E-state index < -0.39 is 0 Å². The van der Waals surface area contributed by atoms with Crippen molar-refractivity contribution in [2.45, 2.75) is 0 Å². The Hall–Kier alpha value is -1.07. The summed E-state index contributed by atoms with van der Waals surface area (Å²) < 4.78 is 0.945. The summed E-state index contributed by atoms with van der Waals surface area (Å²) in [5.74, 6) is 0.435. The van der Waals surface area contributed by atoms with E-state index in [1.807, 2.05) is 31.3 Å². The highest BCUT2D eigenvalue weighted by Gasteiger charge is 2.26. The summed E-state index contributed by atoms with van der Waals surface area (Å²) in [7, 11) is 1.93. The maximum atomic E-state index is 11.9. The minimum Gasteiger partial charge on any atom is -0.337 e. The number of rotatable bonds is 3. The molecule has 92 valence electrons. The molecule has 1 atom stereocenters. The lowest BCUT2D eigenvalue weighted by atomic mass is 10.1. The van der Waals surface area contributed by atoms with Gasteiger partial charge in [-0.05, 0) is 35.1 Å². The van der Waals surface area contributed by atoms with Crippen LogP contribution in [0.4, 0.5) is 10.5 Å². The van der Waals surface area contributed by atoms with E-state index in [9.17, 15) is 4.79 Å². The van der Waals surface area contributed by atoms with E-state index in [0.717, 1.165) is 29.8 Å². The van der Waals surface area contributed by atoms with E-state index >= 15 is 0 Å². The van der Waals surface area contributed by atoms with Crippen molar-refractivity contribution in [3.05, 3.63) is 28.7 Å². The zero-order chi connectivity index (χ0) is 12.3. The molecule has 1 aliphatic rings. The number of nitrogens with zero attached hydrogens (tertiary/aromatic N) is 1. The topological polar surface area (TPSA) is 44.4 Å². The summed E-state index contributed by atoms with van der Waals surface area (Å²) in [6.07, 6.45) is 0. The minimum absolute atomic E-state index is 0.0238. The number of urea groups is 1. The fourth-order valence-electron chi connectivity index (χ4n) is 2.04. The van der Waals surface area contributed by atoms with Gasteiger partial charge in [-0.2, -0.15) is 0 Å². The van der Waals surface area contributed by atoms with Crippen LogP contribution in [-0.4, -0.2) is 32.7 Å². The van der Waals surface area contributed by atoms with Gasteiger partial charge < -0.3 is 10.6 Å². The molecule has 17 heavy (non-hydrogen) atoms. The maximum Gasteiger partial charge on any atom is 0.321 e. The van der Waals surface area contributed by atoms with Crippen molar-refractivity contribution in [2.24, 2.45) is 5.92 Å². The molecule has 0 radical (unpaired) electrons. The number of hydrogen-bond donors (Lipinski definition) is 2. The summed E-state index contributed by atoms with van der Waals surface area (Å²) in [6.45, 7) is 2.39. The fraction of sp³-hybridized carbons (Fsp3) is 0.417. The Balaban J connectivity index is 2.18. The summed E-state index contributed by atoms with van der Waals surface area (Å²) in [5, 5.41) is 6.07. The predicted octanol–water partition coefficient (Wildman–Crippen LogP) is 1.81. The van der Waals surface area contributed by atoms with Crippen LogP contribution in [0.15, 0.2) is 28.7 Å². The summed E-state index contributed by atoms with van der Waals surface area (Å²) >= 11 is 3.48. The van der Waals surface area contributed by atoms with Crippen molar-refractivity contribution in [3.8, 4) is 0 Å². The zero-order valence-electron chi connectivity index (χ0n) is 9.74. The van der Waals surface area contributed by atoms with Crippen molar-refractivity contribution in [2.75, 3.05) is 31.6 Å². The van der Waals surface area contributed by atoms with Gasteiger partial charge in [-0.25, -0.2) is 4.79 Å². The average molecular weight is 298 g/mol. The molecule has 0 bridgehead atoms. The van der Waals surface area contributed by atoms with E-state index in [-0.39, 0.29) is 6.03 Å². The van der Waals surface area contributed by atoms with Crippen molar-refractivity contribution >= 4 is 27.6 Å². The van der Waals surface area contributed by atoms with Crippen LogP contribution < -0.4 is 15.5 Å². The number of carbonyl (C=O) groups excluding carboxylic acids is 1. The predicted molar refractivity (Wildman–Crippen MR) is 72.3 cm³/mol. The van der Waals surface area contributed by atoms with Crippen LogP contribution in [-0.2, 0) is 0 Å². The van der Waals surface area contributed by atoms with Crippen molar-refractivity contribution in [3.63, 3.8) is 0 Å². The minimum atomic E-state index is -0.0238. The number of para-hydroxylation sites is 1. The first-order chi connectivity index (χ1) is 8.22. The number of nitrogens with one attached hydrogen (secondary N) is 2. The van der Waals surface area contributed by atoms with Crippen LogP contribution in [0.1, 0.15) is 0 Å². The van der Waals surface area contributed by atoms with E-state index in [2.05, 4.69) is 26.6 Å². The number of halogens is 1. The van der Waals surface area contributed by atoms with Gasteiger partial charge >= 0.3 is 6.03 Å². The first kappa shape index (κ1) is 12.4. The van der Waals surface area contributed by atoms with Crippen LogP contribution in [0.2, 0.25) is 0 Å². The largest absolute Gasteiger partial charge is 0.337 e. The van der Waals surface area contributed by atoms with Gasteiger partial charge in [0.15, 0.2) is 0 Å². The van der Waals surface area contributed by atoms with Crippen LogP contribution in [0, 0.1) is 5.92 Å². The molecule has 0 spiro atoms. The second kappa shape index (κ2) is 5.51. The van der Waals surface area contributed by atoms with Gasteiger partial charge in [0, 0.05) is 30.0 Å². The molecule has 5 heteroatoms. The Bertz CT molecular complexity index is 410. The van der Waals surface area contributed by atoms with Crippen LogP contribution in [0.3, 0.4) is 0 Å². The first-order valence-electron chi connectivity index (χ1n) is 5.67. The second-order valence-corrected chi connectivity index (χ2v) is 5.03. The van der Waals surface area contributed by atoms with E-state index in [1.54, 1.807) is 4.90 Å². The van der Waals surface area contributed by atoms with Crippen molar-refractivity contribution in [1.82, 2.24) is 10.6 Å². The molecular weight excluding hydrogens is 282 g/mol. The lowest BCUT2D eigenvalue weighted by Crippen LogP contribution is -2.53. The standard InChI is InChI=1S/C12H16BrN3O/c1-14-6-9-7-15-12(17)16(8-9)11-5-3-2-4-10(11)13/h2-5,9,14H,6-8H2,1H3,(H,15,17). The van der Waals surface area contributed by atoms with Gasteiger partial charge in [0.2, 0.25) is 0 Å². The molecule has 1 saturated heterocycles. The number of anilines is 1. The van der Waals surface area contributed by atoms with Crippen LogP contribution >= 0.6 is 15.9 Å². The summed E-state index contributed by atoms with van der Waals surface area (Å²) in [4.78, 5) is 13.7. The van der Waals surface area contributed by atoms with E-state index in [1.165, 1.54) is 0 Å². The average Bonchev–Trinajstić information content (AvgIpc) is 2.33. The highest BCUT2D eigenvalue weighted by Crippen LogP contribution is 2.27. The highest BCUT2D eigenvalue weighted by molar-refractivity contribution is 9.10. The SMILES string of the molecule is CNCC1CNC(=O)N(c2ccccc2Br)C1. The van der Waals surface area contributed by atoms with Gasteiger partial charge in [0.25, 0.3) is 0 Å². The monoisotopic (exact) mass is 297 g/mol. The molecule has 0 saturated carbocycles. The third-order valence-electron chi connectivity index (χ3n) is 2.86. The molecular formula is C12H16BrN3O. The van der Waals surface area contributed by atoms with Gasteiger partial charge in [-0.15, -0.1) is 0 Å². The molecule has 4 nitrogen and oxygen atoms in total. The van der Waals surface area contributed by atoms with Crippen molar-refractivity contribution < 1.29 is 4.79 Å². The normalized spacial score (nSPS) is 20.2. The third-order valence-corrected chi connectivity index (χ3v) is 3.53. The Labute approximate surface area is 110 Å². The molecule has 1 unspecified atom stereocenters. The molecule has 2 amide bonds. The smallest absolute Gasteiger partial charge is 0.321 e. The summed E-state index contributed by atoms with van der Waals surface area (Å²) in [5.41, 5.74) is 0.922. The Kier molecular flexibility index (Phi) is 4.02. The molecule has 1 heterocycles. The Morgan fingerprint density at radius 3 is 3.00 bits per heavy atom. The van der Waals surface area contributed by atoms with Crippen LogP contribution in [0.25, 0.3) is 0 Å². The van der Waals surface area contributed by atoms with E-state index in [0.29, 0.717) is 5.92 Å². The highest BCUT2D eigenvalue weighted by atomic mass is 79.9. The third kappa shape index (κ3) is 2.79. The quantitative estimate of drug-likeness (QED) is 0.894. The van der Waals surface area contributed by atoms with Gasteiger partial charge in [-0.3, -0.25) is 4.90 Å². The summed E-state index contributed by atoms with van der Waals surface area (Å²) in [6, 6.07) is 7.76. The molecule has 2 N–H and O–H groups in total. The Morgan fingerprint density at radius 2 is 2.29 bits per heavy atom. The van der Waals surface area contributed by atoms with Crippen LogP contribution in [0.5, 0.6) is 0 Å². The van der Waals surface area contributed by atoms with Gasteiger partial charge in [0.1, 0.15) is 0 Å². The van der Waals surface area contributed by atoms with Crippen molar-refractivity contribution in [1.29, 1.82) is 0 Å². The maximum absolute atomic E-state index is 11.9. The molecule has 1 aromatic rings. The lowest BCUT2D eigenvalue weighted by Gasteiger charge is -2.33. The molecule has 2 rings (SSSR count). The number of amides is 2. The first-order valence-corrected chi connectivity index (χ1v) is 6.46. The molecule has 0 aliphatic carbocycles. The molecule has 1 aromatic carbocycles. The number of carbonyl (C=O) groups is 1. The molecule has 0 aromatic heterocycles. The second-order valence-electron chi connectivity index (χ2n) is 4.17. The Morgan fingerprint density at radius 1 is 1.53 bits per heavy atom. The fourth-order valence-corrected chi connectivity index (χ4v) is 2.54. The molecule has 1 aliphatic heterocycles. The number of hydrogen-bond acceptors (Lipinski definition) is 2. The van der Waals surface area contributed by atoms with E-state index in [4.69, 9.17) is 0 Å². The van der Waals surface area contributed by atoms with Gasteiger partial charge in [0.05, 0.1) is 5.69 Å². The zero-order valence-corrected chi connectivity index (χ0v) is 11.3. The lowest BCUT2D eigenvalue weighted by molar-refractivity contribution is 0.236. The molecule has 1 fully saturated rings. The number of benzene rings is 1.